The fourth-order valence-electron chi connectivity index (χ4n) is 2.03. The van der Waals surface area contributed by atoms with Crippen molar-refractivity contribution in [3.05, 3.63) is 58.6 Å². The maximum Gasteiger partial charge on any atom is 0.228 e. The predicted molar refractivity (Wildman–Crippen MR) is 96.3 cm³/mol. The molecule has 2 aromatic carbocycles. The number of nitrogens with one attached hydrogen (secondary N) is 2. The molecule has 0 aliphatic rings. The molecule has 1 unspecified atom stereocenters. The molecule has 4 heteroatoms. The quantitative estimate of drug-likeness (QED) is 0.773. The van der Waals surface area contributed by atoms with Crippen LogP contribution in [0.15, 0.2) is 53.0 Å². The van der Waals surface area contributed by atoms with Gasteiger partial charge in [-0.1, -0.05) is 35.0 Å². The Morgan fingerprint density at radius 1 is 1.05 bits per heavy atom. The minimum absolute atomic E-state index is 0.00930. The summed E-state index contributed by atoms with van der Waals surface area (Å²) in [5, 5.41) is 6.32. The van der Waals surface area contributed by atoms with Crippen molar-refractivity contribution in [3.8, 4) is 0 Å². The number of rotatable bonds is 6. The first-order valence-corrected chi connectivity index (χ1v) is 8.27. The molecule has 22 heavy (non-hydrogen) atoms. The van der Waals surface area contributed by atoms with Crippen molar-refractivity contribution < 1.29 is 4.79 Å². The lowest BCUT2D eigenvalue weighted by atomic mass is 10.1. The highest BCUT2D eigenvalue weighted by Crippen LogP contribution is 2.16. The van der Waals surface area contributed by atoms with Gasteiger partial charge in [0.2, 0.25) is 5.91 Å². The van der Waals surface area contributed by atoms with Crippen LogP contribution in [0, 0.1) is 0 Å². The number of hydrogen-bond donors (Lipinski definition) is 2. The lowest BCUT2D eigenvalue weighted by molar-refractivity contribution is -0.115. The first-order valence-electron chi connectivity index (χ1n) is 7.47. The number of benzene rings is 2. The number of amides is 1. The number of anilines is 2. The molecule has 0 fully saturated rings. The van der Waals surface area contributed by atoms with Crippen LogP contribution in [-0.2, 0) is 11.2 Å². The van der Waals surface area contributed by atoms with Crippen LogP contribution < -0.4 is 10.6 Å². The monoisotopic (exact) mass is 360 g/mol. The van der Waals surface area contributed by atoms with Gasteiger partial charge in [0, 0.05) is 21.9 Å². The van der Waals surface area contributed by atoms with Crippen molar-refractivity contribution in [2.24, 2.45) is 0 Å². The van der Waals surface area contributed by atoms with Crippen LogP contribution in [0.3, 0.4) is 0 Å². The van der Waals surface area contributed by atoms with Gasteiger partial charge in [-0.2, -0.15) is 0 Å². The van der Waals surface area contributed by atoms with Gasteiger partial charge in [0.05, 0.1) is 6.42 Å². The Morgan fingerprint density at radius 3 is 2.23 bits per heavy atom. The maximum atomic E-state index is 12.0. The van der Waals surface area contributed by atoms with E-state index in [1.807, 2.05) is 48.5 Å². The van der Waals surface area contributed by atoms with Crippen LogP contribution in [0.4, 0.5) is 11.4 Å². The lowest BCUT2D eigenvalue weighted by Gasteiger charge is -2.13. The second-order valence-electron chi connectivity index (χ2n) is 5.38. The Hall–Kier alpha value is -1.81. The van der Waals surface area contributed by atoms with Crippen molar-refractivity contribution in [1.82, 2.24) is 0 Å². The first kappa shape index (κ1) is 16.6. The fourth-order valence-corrected chi connectivity index (χ4v) is 2.29. The van der Waals surface area contributed by atoms with Gasteiger partial charge in [-0.3, -0.25) is 4.79 Å². The molecule has 0 saturated heterocycles. The Labute approximate surface area is 140 Å². The molecular weight excluding hydrogens is 340 g/mol. The van der Waals surface area contributed by atoms with Gasteiger partial charge in [0.15, 0.2) is 0 Å². The molecule has 0 aliphatic heterocycles. The van der Waals surface area contributed by atoms with E-state index in [1.165, 1.54) is 0 Å². The number of carbonyl (C=O) groups excluding carboxylic acids is 1. The van der Waals surface area contributed by atoms with E-state index in [9.17, 15) is 4.79 Å². The van der Waals surface area contributed by atoms with Crippen molar-refractivity contribution in [2.75, 3.05) is 10.6 Å². The average Bonchev–Trinajstić information content (AvgIpc) is 2.51. The van der Waals surface area contributed by atoms with Gasteiger partial charge in [-0.15, -0.1) is 0 Å². The Kier molecular flexibility index (Phi) is 6.01. The van der Waals surface area contributed by atoms with E-state index < -0.39 is 0 Å². The molecule has 0 radical (unpaired) electrons. The topological polar surface area (TPSA) is 41.1 Å². The fraction of sp³-hybridized carbons (Fsp3) is 0.278. The van der Waals surface area contributed by atoms with E-state index in [4.69, 9.17) is 0 Å². The van der Waals surface area contributed by atoms with Gasteiger partial charge in [0.1, 0.15) is 0 Å². The molecule has 2 aromatic rings. The van der Waals surface area contributed by atoms with E-state index in [0.29, 0.717) is 12.5 Å². The zero-order valence-electron chi connectivity index (χ0n) is 12.9. The normalized spacial score (nSPS) is 11.8. The molecule has 116 valence electrons. The van der Waals surface area contributed by atoms with Crippen LogP contribution in [0.1, 0.15) is 25.8 Å². The molecule has 0 saturated carbocycles. The molecule has 0 aromatic heterocycles. The molecule has 0 heterocycles. The van der Waals surface area contributed by atoms with Gasteiger partial charge < -0.3 is 10.6 Å². The molecule has 1 amide bonds. The summed E-state index contributed by atoms with van der Waals surface area (Å²) < 4.78 is 1.01. The summed E-state index contributed by atoms with van der Waals surface area (Å²) in [5.74, 6) is -0.00930. The summed E-state index contributed by atoms with van der Waals surface area (Å²) in [6.45, 7) is 4.29. The van der Waals surface area contributed by atoms with E-state index in [-0.39, 0.29) is 5.91 Å². The Balaban J connectivity index is 1.90. The van der Waals surface area contributed by atoms with Crippen LogP contribution in [-0.4, -0.2) is 11.9 Å². The molecule has 1 atom stereocenters. The van der Waals surface area contributed by atoms with Crippen LogP contribution in [0.25, 0.3) is 0 Å². The summed E-state index contributed by atoms with van der Waals surface area (Å²) >= 11 is 3.39. The standard InChI is InChI=1S/C18H21BrN2O/c1-3-13(2)20-16-8-10-17(11-9-16)21-18(22)12-14-4-6-15(19)7-5-14/h4-11,13,20H,3,12H2,1-2H3,(H,21,22). The van der Waals surface area contributed by atoms with Crippen LogP contribution in [0.5, 0.6) is 0 Å². The molecule has 2 rings (SSSR count). The highest BCUT2D eigenvalue weighted by molar-refractivity contribution is 9.10. The smallest absolute Gasteiger partial charge is 0.228 e. The number of hydrogen-bond acceptors (Lipinski definition) is 2. The summed E-state index contributed by atoms with van der Waals surface area (Å²) in [6.07, 6.45) is 1.45. The van der Waals surface area contributed by atoms with E-state index >= 15 is 0 Å². The SMILES string of the molecule is CCC(C)Nc1ccc(NC(=O)Cc2ccc(Br)cc2)cc1. The lowest BCUT2D eigenvalue weighted by Crippen LogP contribution is -2.15. The minimum Gasteiger partial charge on any atom is -0.383 e. The minimum atomic E-state index is -0.00930. The summed E-state index contributed by atoms with van der Waals surface area (Å²) in [7, 11) is 0. The van der Waals surface area contributed by atoms with Crippen molar-refractivity contribution in [3.63, 3.8) is 0 Å². The van der Waals surface area contributed by atoms with Gasteiger partial charge >= 0.3 is 0 Å². The number of carbonyl (C=O) groups is 1. The zero-order valence-corrected chi connectivity index (χ0v) is 14.5. The maximum absolute atomic E-state index is 12.0. The molecule has 2 N–H and O–H groups in total. The van der Waals surface area contributed by atoms with Gasteiger partial charge in [0.25, 0.3) is 0 Å². The zero-order chi connectivity index (χ0) is 15.9. The van der Waals surface area contributed by atoms with E-state index in [0.717, 1.165) is 27.8 Å². The Bertz CT molecular complexity index is 608. The van der Waals surface area contributed by atoms with Crippen molar-refractivity contribution in [2.45, 2.75) is 32.7 Å². The third-order valence-electron chi connectivity index (χ3n) is 3.47. The molecule has 0 aliphatic carbocycles. The molecule has 0 spiro atoms. The highest BCUT2D eigenvalue weighted by atomic mass is 79.9. The third-order valence-corrected chi connectivity index (χ3v) is 4.00. The van der Waals surface area contributed by atoms with Gasteiger partial charge in [-0.25, -0.2) is 0 Å². The second-order valence-corrected chi connectivity index (χ2v) is 6.30. The molecular formula is C18H21BrN2O. The summed E-state index contributed by atoms with van der Waals surface area (Å²) in [6, 6.07) is 16.0. The second kappa shape index (κ2) is 7.99. The largest absolute Gasteiger partial charge is 0.383 e. The summed E-state index contributed by atoms with van der Waals surface area (Å²) in [5.41, 5.74) is 2.88. The highest BCUT2D eigenvalue weighted by Gasteiger charge is 2.05. The summed E-state index contributed by atoms with van der Waals surface area (Å²) in [4.78, 5) is 12.0. The average molecular weight is 361 g/mol. The predicted octanol–water partition coefficient (Wildman–Crippen LogP) is 4.84. The van der Waals surface area contributed by atoms with E-state index in [2.05, 4.69) is 40.4 Å². The first-order chi connectivity index (χ1) is 10.6. The van der Waals surface area contributed by atoms with Crippen LogP contribution in [0.2, 0.25) is 0 Å². The van der Waals surface area contributed by atoms with E-state index in [1.54, 1.807) is 0 Å². The van der Waals surface area contributed by atoms with Gasteiger partial charge in [-0.05, 0) is 55.3 Å². The number of halogens is 1. The van der Waals surface area contributed by atoms with Crippen LogP contribution >= 0.6 is 15.9 Å². The van der Waals surface area contributed by atoms with Crippen molar-refractivity contribution in [1.29, 1.82) is 0 Å². The Morgan fingerprint density at radius 2 is 1.64 bits per heavy atom. The molecule has 0 bridgehead atoms. The van der Waals surface area contributed by atoms with Crippen molar-refractivity contribution >= 4 is 33.2 Å². The third kappa shape index (κ3) is 5.19. The molecule has 3 nitrogen and oxygen atoms in total.